The van der Waals surface area contributed by atoms with Gasteiger partial charge in [0.2, 0.25) is 0 Å². The third-order valence-electron chi connectivity index (χ3n) is 2.73. The van der Waals surface area contributed by atoms with Gasteiger partial charge in [-0.25, -0.2) is 0 Å². The molecule has 20 heavy (non-hydrogen) atoms. The second-order valence-electron chi connectivity index (χ2n) is 4.26. The fraction of sp³-hybridized carbons (Fsp3) is 0.286. The first-order valence-electron chi connectivity index (χ1n) is 6.38. The molecule has 2 N–H and O–H groups in total. The Morgan fingerprint density at radius 2 is 2.25 bits per heavy atom. The molecule has 0 saturated heterocycles. The first kappa shape index (κ1) is 14.7. The predicted octanol–water partition coefficient (Wildman–Crippen LogP) is 2.35. The summed E-state index contributed by atoms with van der Waals surface area (Å²) in [6.07, 6.45) is 5.94. The van der Waals surface area contributed by atoms with Crippen molar-refractivity contribution in [3.8, 4) is 0 Å². The van der Waals surface area contributed by atoms with Gasteiger partial charge in [0.15, 0.2) is 4.67 Å². The van der Waals surface area contributed by atoms with E-state index in [1.54, 1.807) is 12.3 Å². The summed E-state index contributed by atoms with van der Waals surface area (Å²) in [5.74, 6) is -0.127. The summed E-state index contributed by atoms with van der Waals surface area (Å²) in [4.78, 5) is 15.8. The molecule has 0 aliphatic carbocycles. The van der Waals surface area contributed by atoms with Crippen LogP contribution in [0.4, 0.5) is 0 Å². The average molecular weight is 338 g/mol. The number of pyridine rings is 1. The Hall–Kier alpha value is -1.66. The summed E-state index contributed by atoms with van der Waals surface area (Å²) in [5, 5.41) is 6.15. The lowest BCUT2D eigenvalue weighted by molar-refractivity contribution is 0.0951. The Morgan fingerprint density at radius 1 is 1.35 bits per heavy atom. The van der Waals surface area contributed by atoms with Gasteiger partial charge in [-0.15, -0.1) is 0 Å². The van der Waals surface area contributed by atoms with Crippen LogP contribution in [0.3, 0.4) is 0 Å². The molecule has 0 saturated carbocycles. The average Bonchev–Trinajstić information content (AvgIpc) is 2.90. The van der Waals surface area contributed by atoms with Crippen molar-refractivity contribution in [2.75, 3.05) is 13.1 Å². The molecule has 106 valence electrons. The molecule has 2 aromatic rings. The minimum atomic E-state index is -0.127. The second-order valence-corrected chi connectivity index (χ2v) is 4.98. The summed E-state index contributed by atoms with van der Waals surface area (Å²) >= 11 is 3.18. The first-order valence-corrected chi connectivity index (χ1v) is 7.17. The Labute approximate surface area is 125 Å². The van der Waals surface area contributed by atoms with Crippen LogP contribution >= 0.6 is 15.9 Å². The molecule has 0 aliphatic heterocycles. The molecule has 1 amide bonds. The maximum absolute atomic E-state index is 11.8. The van der Waals surface area contributed by atoms with Crippen molar-refractivity contribution < 1.29 is 9.21 Å². The molecule has 5 nitrogen and oxygen atoms in total. The summed E-state index contributed by atoms with van der Waals surface area (Å²) in [7, 11) is 0. The number of furan rings is 1. The SMILES string of the molecule is O=C(NCCCNCc1cccnc1)c1ccoc1Br. The van der Waals surface area contributed by atoms with E-state index in [0.717, 1.165) is 25.1 Å². The predicted molar refractivity (Wildman–Crippen MR) is 79.3 cm³/mol. The molecule has 0 atom stereocenters. The third kappa shape index (κ3) is 4.47. The van der Waals surface area contributed by atoms with Crippen molar-refractivity contribution in [1.29, 1.82) is 0 Å². The number of rotatable bonds is 7. The van der Waals surface area contributed by atoms with E-state index in [4.69, 9.17) is 4.42 Å². The lowest BCUT2D eigenvalue weighted by atomic mass is 10.3. The van der Waals surface area contributed by atoms with Crippen LogP contribution in [-0.2, 0) is 6.54 Å². The van der Waals surface area contributed by atoms with Crippen LogP contribution in [0.1, 0.15) is 22.3 Å². The molecule has 0 aromatic carbocycles. The van der Waals surface area contributed by atoms with Gasteiger partial charge in [0.25, 0.3) is 5.91 Å². The fourth-order valence-electron chi connectivity index (χ4n) is 1.70. The Kier molecular flexibility index (Phi) is 5.76. The molecule has 0 fully saturated rings. The van der Waals surface area contributed by atoms with E-state index in [2.05, 4.69) is 31.5 Å². The van der Waals surface area contributed by atoms with Crippen molar-refractivity contribution in [1.82, 2.24) is 15.6 Å². The molecule has 2 aromatic heterocycles. The fourth-order valence-corrected chi connectivity index (χ4v) is 2.12. The van der Waals surface area contributed by atoms with Crippen molar-refractivity contribution in [3.05, 3.63) is 52.7 Å². The van der Waals surface area contributed by atoms with Crippen LogP contribution in [0.5, 0.6) is 0 Å². The van der Waals surface area contributed by atoms with E-state index in [9.17, 15) is 4.79 Å². The molecule has 6 heteroatoms. The molecule has 0 aliphatic rings. The van der Waals surface area contributed by atoms with Gasteiger partial charge in [0.05, 0.1) is 11.8 Å². The molecule has 0 radical (unpaired) electrons. The number of carbonyl (C=O) groups excluding carboxylic acids is 1. The molecule has 0 unspecified atom stereocenters. The zero-order valence-corrected chi connectivity index (χ0v) is 12.5. The highest BCUT2D eigenvalue weighted by atomic mass is 79.9. The maximum atomic E-state index is 11.8. The largest absolute Gasteiger partial charge is 0.457 e. The molecular weight excluding hydrogens is 322 g/mol. The normalized spacial score (nSPS) is 10.4. The monoisotopic (exact) mass is 337 g/mol. The number of nitrogens with zero attached hydrogens (tertiary/aromatic N) is 1. The number of hydrogen-bond acceptors (Lipinski definition) is 4. The van der Waals surface area contributed by atoms with Crippen molar-refractivity contribution in [2.24, 2.45) is 0 Å². The molecule has 2 rings (SSSR count). The smallest absolute Gasteiger partial charge is 0.255 e. The Bertz CT molecular complexity index is 542. The van der Waals surface area contributed by atoms with Crippen molar-refractivity contribution >= 4 is 21.8 Å². The van der Waals surface area contributed by atoms with Crippen molar-refractivity contribution in [2.45, 2.75) is 13.0 Å². The van der Waals surface area contributed by atoms with Gasteiger partial charge in [-0.1, -0.05) is 6.07 Å². The molecular formula is C14H16BrN3O2. The van der Waals surface area contributed by atoms with E-state index in [0.29, 0.717) is 16.8 Å². The number of amides is 1. The minimum Gasteiger partial charge on any atom is -0.457 e. The summed E-state index contributed by atoms with van der Waals surface area (Å²) < 4.78 is 5.48. The maximum Gasteiger partial charge on any atom is 0.255 e. The molecule has 0 bridgehead atoms. The quantitative estimate of drug-likeness (QED) is 0.761. The zero-order valence-electron chi connectivity index (χ0n) is 10.9. The van der Waals surface area contributed by atoms with Gasteiger partial charge >= 0.3 is 0 Å². The number of nitrogens with one attached hydrogen (secondary N) is 2. The topological polar surface area (TPSA) is 67.2 Å². The van der Waals surface area contributed by atoms with E-state index < -0.39 is 0 Å². The number of halogens is 1. The highest BCUT2D eigenvalue weighted by Gasteiger charge is 2.11. The van der Waals surface area contributed by atoms with E-state index in [1.807, 2.05) is 18.3 Å². The van der Waals surface area contributed by atoms with E-state index in [1.165, 1.54) is 6.26 Å². The Morgan fingerprint density at radius 3 is 2.95 bits per heavy atom. The Balaban J connectivity index is 1.58. The van der Waals surface area contributed by atoms with Crippen LogP contribution in [0.15, 0.2) is 45.9 Å². The first-order chi connectivity index (χ1) is 9.77. The van der Waals surface area contributed by atoms with Crippen LogP contribution in [0.2, 0.25) is 0 Å². The summed E-state index contributed by atoms with van der Waals surface area (Å²) in [6, 6.07) is 5.58. The van der Waals surface area contributed by atoms with Crippen molar-refractivity contribution in [3.63, 3.8) is 0 Å². The lowest BCUT2D eigenvalue weighted by Crippen LogP contribution is -2.27. The number of hydrogen-bond donors (Lipinski definition) is 2. The van der Waals surface area contributed by atoms with Gasteiger partial charge < -0.3 is 15.1 Å². The standard InChI is InChI=1S/C14H16BrN3O2/c15-13-12(4-8-20-13)14(19)18-7-2-6-17-10-11-3-1-5-16-9-11/h1,3-5,8-9,17H,2,6-7,10H2,(H,18,19). The van der Waals surface area contributed by atoms with E-state index in [-0.39, 0.29) is 5.91 Å². The van der Waals surface area contributed by atoms with Crippen LogP contribution in [-0.4, -0.2) is 24.0 Å². The molecule has 2 heterocycles. The molecule has 0 spiro atoms. The van der Waals surface area contributed by atoms with Gasteiger partial charge in [-0.05, 0) is 46.6 Å². The zero-order chi connectivity index (χ0) is 14.2. The lowest BCUT2D eigenvalue weighted by Gasteiger charge is -2.06. The van der Waals surface area contributed by atoms with Crippen LogP contribution in [0, 0.1) is 0 Å². The highest BCUT2D eigenvalue weighted by Crippen LogP contribution is 2.16. The summed E-state index contributed by atoms with van der Waals surface area (Å²) in [6.45, 7) is 2.24. The third-order valence-corrected chi connectivity index (χ3v) is 3.34. The minimum absolute atomic E-state index is 0.127. The van der Waals surface area contributed by atoms with Gasteiger partial charge in [0.1, 0.15) is 0 Å². The number of carbonyl (C=O) groups is 1. The van der Waals surface area contributed by atoms with Gasteiger partial charge in [0, 0.05) is 25.5 Å². The van der Waals surface area contributed by atoms with E-state index >= 15 is 0 Å². The van der Waals surface area contributed by atoms with Crippen LogP contribution < -0.4 is 10.6 Å². The second kappa shape index (κ2) is 7.81. The van der Waals surface area contributed by atoms with Crippen LogP contribution in [0.25, 0.3) is 0 Å². The van der Waals surface area contributed by atoms with Gasteiger partial charge in [-0.2, -0.15) is 0 Å². The number of aromatic nitrogens is 1. The highest BCUT2D eigenvalue weighted by molar-refractivity contribution is 9.10. The summed E-state index contributed by atoms with van der Waals surface area (Å²) in [5.41, 5.74) is 1.67. The van der Waals surface area contributed by atoms with Gasteiger partial charge in [-0.3, -0.25) is 9.78 Å².